The van der Waals surface area contributed by atoms with Crippen LogP contribution in [-0.4, -0.2) is 34.2 Å². The lowest BCUT2D eigenvalue weighted by molar-refractivity contribution is -0.146. The van der Waals surface area contributed by atoms with E-state index in [1.54, 1.807) is 0 Å². The molecule has 30 heavy (non-hydrogen) atoms. The van der Waals surface area contributed by atoms with Gasteiger partial charge in [-0.15, -0.1) is 0 Å². The number of cyclic esters (lactones) is 1. The number of esters is 1. The fourth-order valence-electron chi connectivity index (χ4n) is 5.92. The molecule has 5 nitrogen and oxygen atoms in total. The van der Waals surface area contributed by atoms with Crippen LogP contribution in [0.4, 0.5) is 0 Å². The fraction of sp³-hybridized carbons (Fsp3) is 0.600. The van der Waals surface area contributed by atoms with Gasteiger partial charge in [0, 0.05) is 24.0 Å². The van der Waals surface area contributed by atoms with Crippen molar-refractivity contribution in [1.29, 1.82) is 0 Å². The summed E-state index contributed by atoms with van der Waals surface area (Å²) in [6.45, 7) is 11.9. The SMILES string of the molecule is CC(C)=C[C@H]1O[C@@](C)(C/C=C2/OC(=O)C=C2C)C2=C1[C@@H](C)[C@@H]1CC[C@H](C)[C@@]1(O)C2=O. The summed E-state index contributed by atoms with van der Waals surface area (Å²) < 4.78 is 11.8. The zero-order valence-corrected chi connectivity index (χ0v) is 18.7. The Labute approximate surface area is 178 Å². The molecular formula is C25H32O5. The van der Waals surface area contributed by atoms with E-state index < -0.39 is 11.2 Å². The Morgan fingerprint density at radius 3 is 2.57 bits per heavy atom. The van der Waals surface area contributed by atoms with Gasteiger partial charge in [-0.3, -0.25) is 4.79 Å². The second-order valence-electron chi connectivity index (χ2n) is 9.89. The van der Waals surface area contributed by atoms with Crippen molar-refractivity contribution in [3.63, 3.8) is 0 Å². The zero-order chi connectivity index (χ0) is 22.0. The molecule has 162 valence electrons. The molecule has 1 fully saturated rings. The number of hydrogen-bond donors (Lipinski definition) is 1. The van der Waals surface area contributed by atoms with Gasteiger partial charge < -0.3 is 14.6 Å². The van der Waals surface area contributed by atoms with Crippen molar-refractivity contribution in [3.05, 3.63) is 46.3 Å². The Kier molecular flexibility index (Phi) is 4.98. The Balaban J connectivity index is 1.79. The molecule has 2 aliphatic heterocycles. The lowest BCUT2D eigenvalue weighted by atomic mass is 9.62. The smallest absolute Gasteiger partial charge is 0.336 e. The van der Waals surface area contributed by atoms with E-state index in [4.69, 9.17) is 9.47 Å². The summed E-state index contributed by atoms with van der Waals surface area (Å²) in [7, 11) is 0. The molecule has 5 heteroatoms. The summed E-state index contributed by atoms with van der Waals surface area (Å²) in [5.74, 6) is -0.118. The molecule has 0 saturated heterocycles. The summed E-state index contributed by atoms with van der Waals surface area (Å²) in [6.07, 6.45) is 7.17. The Bertz CT molecular complexity index is 931. The van der Waals surface area contributed by atoms with Crippen LogP contribution < -0.4 is 0 Å². The molecule has 0 aromatic carbocycles. The number of aliphatic hydroxyl groups is 1. The molecule has 4 aliphatic rings. The maximum absolute atomic E-state index is 13.8. The van der Waals surface area contributed by atoms with Crippen molar-refractivity contribution < 1.29 is 24.2 Å². The van der Waals surface area contributed by atoms with Gasteiger partial charge in [-0.1, -0.05) is 25.5 Å². The van der Waals surface area contributed by atoms with Crippen molar-refractivity contribution in [1.82, 2.24) is 0 Å². The quantitative estimate of drug-likeness (QED) is 0.556. The molecule has 2 aliphatic carbocycles. The second-order valence-corrected chi connectivity index (χ2v) is 9.89. The minimum absolute atomic E-state index is 0.0636. The van der Waals surface area contributed by atoms with Gasteiger partial charge in [0.1, 0.15) is 11.4 Å². The van der Waals surface area contributed by atoms with Crippen LogP contribution in [0.1, 0.15) is 60.8 Å². The predicted octanol–water partition coefficient (Wildman–Crippen LogP) is 4.18. The predicted molar refractivity (Wildman–Crippen MR) is 113 cm³/mol. The van der Waals surface area contributed by atoms with Crippen LogP contribution in [0.25, 0.3) is 0 Å². The molecule has 1 N–H and O–H groups in total. The number of Topliss-reactive ketones (excluding diaryl/α,β-unsaturated/α-hetero) is 1. The molecule has 2 heterocycles. The molecule has 6 atom stereocenters. The summed E-state index contributed by atoms with van der Waals surface area (Å²) in [4.78, 5) is 25.4. The highest BCUT2D eigenvalue weighted by atomic mass is 16.5. The summed E-state index contributed by atoms with van der Waals surface area (Å²) >= 11 is 0. The molecule has 0 aromatic heterocycles. The first-order valence-corrected chi connectivity index (χ1v) is 10.9. The number of hydrogen-bond acceptors (Lipinski definition) is 5. The number of allylic oxidation sites excluding steroid dienone is 2. The van der Waals surface area contributed by atoms with Crippen molar-refractivity contribution in [2.45, 2.75) is 78.1 Å². The van der Waals surface area contributed by atoms with E-state index in [-0.39, 0.29) is 35.6 Å². The van der Waals surface area contributed by atoms with Gasteiger partial charge in [0.2, 0.25) is 0 Å². The van der Waals surface area contributed by atoms with Crippen LogP contribution >= 0.6 is 0 Å². The van der Waals surface area contributed by atoms with Crippen molar-refractivity contribution in [2.24, 2.45) is 17.8 Å². The van der Waals surface area contributed by atoms with Gasteiger partial charge >= 0.3 is 5.97 Å². The van der Waals surface area contributed by atoms with Gasteiger partial charge in [0.15, 0.2) is 5.78 Å². The molecule has 0 spiro atoms. The van der Waals surface area contributed by atoms with Crippen LogP contribution in [0.2, 0.25) is 0 Å². The number of carbonyl (C=O) groups excluding carboxylic acids is 2. The maximum Gasteiger partial charge on any atom is 0.336 e. The van der Waals surface area contributed by atoms with Gasteiger partial charge in [-0.25, -0.2) is 4.79 Å². The monoisotopic (exact) mass is 412 g/mol. The van der Waals surface area contributed by atoms with Crippen LogP contribution in [0.3, 0.4) is 0 Å². The van der Waals surface area contributed by atoms with E-state index in [1.807, 2.05) is 40.7 Å². The first-order valence-electron chi connectivity index (χ1n) is 10.9. The average molecular weight is 413 g/mol. The minimum Gasteiger partial charge on any atom is -0.423 e. The van der Waals surface area contributed by atoms with E-state index in [0.29, 0.717) is 17.8 Å². The number of rotatable bonds is 3. The van der Waals surface area contributed by atoms with Crippen molar-refractivity contribution in [3.8, 4) is 0 Å². The van der Waals surface area contributed by atoms with E-state index in [9.17, 15) is 14.7 Å². The highest BCUT2D eigenvalue weighted by Crippen LogP contribution is 2.57. The number of fused-ring (bicyclic) bond motifs is 1. The van der Waals surface area contributed by atoms with Crippen molar-refractivity contribution >= 4 is 11.8 Å². The summed E-state index contributed by atoms with van der Waals surface area (Å²) in [5.41, 5.74) is 1.31. The van der Waals surface area contributed by atoms with E-state index in [0.717, 1.165) is 29.6 Å². The highest BCUT2D eigenvalue weighted by Gasteiger charge is 2.63. The molecule has 0 aromatic rings. The average Bonchev–Trinajstić information content (AvgIpc) is 3.24. The van der Waals surface area contributed by atoms with Crippen molar-refractivity contribution in [2.75, 3.05) is 0 Å². The molecular weight excluding hydrogens is 380 g/mol. The van der Waals surface area contributed by atoms with Crippen LogP contribution in [0.15, 0.2) is 46.3 Å². The topological polar surface area (TPSA) is 72.8 Å². The lowest BCUT2D eigenvalue weighted by Gasteiger charge is -2.42. The minimum atomic E-state index is -1.33. The Morgan fingerprint density at radius 1 is 1.27 bits per heavy atom. The Hall–Kier alpha value is -1.98. The molecule has 0 radical (unpaired) electrons. The third-order valence-electron chi connectivity index (χ3n) is 7.52. The van der Waals surface area contributed by atoms with Crippen LogP contribution in [0, 0.1) is 17.8 Å². The maximum atomic E-state index is 13.8. The molecule has 4 rings (SSSR count). The second kappa shape index (κ2) is 7.03. The molecule has 0 bridgehead atoms. The highest BCUT2D eigenvalue weighted by molar-refractivity contribution is 6.06. The molecule has 0 amide bonds. The number of ether oxygens (including phenoxy) is 2. The number of carbonyl (C=O) groups is 2. The normalized spacial score (nSPS) is 41.7. The van der Waals surface area contributed by atoms with E-state index in [2.05, 4.69) is 13.0 Å². The first-order chi connectivity index (χ1) is 14.0. The Morgan fingerprint density at radius 2 is 1.97 bits per heavy atom. The third-order valence-corrected chi connectivity index (χ3v) is 7.52. The summed E-state index contributed by atoms with van der Waals surface area (Å²) in [5, 5.41) is 11.6. The first kappa shape index (κ1) is 21.3. The van der Waals surface area contributed by atoms with E-state index in [1.165, 1.54) is 6.08 Å². The van der Waals surface area contributed by atoms with Gasteiger partial charge in [-0.05, 0) is 69.6 Å². The van der Waals surface area contributed by atoms with Crippen LogP contribution in [-0.2, 0) is 19.1 Å². The fourth-order valence-corrected chi connectivity index (χ4v) is 5.92. The van der Waals surface area contributed by atoms with Gasteiger partial charge in [-0.2, -0.15) is 0 Å². The van der Waals surface area contributed by atoms with E-state index >= 15 is 0 Å². The largest absolute Gasteiger partial charge is 0.423 e. The lowest BCUT2D eigenvalue weighted by Crippen LogP contribution is -2.55. The van der Waals surface area contributed by atoms with Gasteiger partial charge in [0.25, 0.3) is 0 Å². The molecule has 1 saturated carbocycles. The standard InChI is InChI=1S/C25H32O5/c1-13(2)11-19-21-16(5)17-8-7-15(4)25(17,28)23(27)22(21)24(6,30-19)10-9-18-14(3)12-20(26)29-18/h9,11-12,15-17,19,28H,7-8,10H2,1-6H3/b18-9+/t15-,16-,17-,19+,24-,25-/m0/s1. The van der Waals surface area contributed by atoms with Gasteiger partial charge in [0.05, 0.1) is 11.7 Å². The number of ketones is 1. The third kappa shape index (κ3) is 2.97. The van der Waals surface area contributed by atoms with Crippen LogP contribution in [0.5, 0.6) is 0 Å². The molecule has 0 unspecified atom stereocenters. The summed E-state index contributed by atoms with van der Waals surface area (Å²) in [6, 6.07) is 0. The zero-order valence-electron chi connectivity index (χ0n) is 18.7.